The topological polar surface area (TPSA) is 109 Å². The van der Waals surface area contributed by atoms with Crippen LogP contribution in [0.4, 0.5) is 11.8 Å². The van der Waals surface area contributed by atoms with Gasteiger partial charge in [0.15, 0.2) is 0 Å². The number of rotatable bonds is 11. The van der Waals surface area contributed by atoms with Crippen LogP contribution in [-0.2, 0) is 16.4 Å². The Morgan fingerprint density at radius 2 is 1.81 bits per heavy atom. The van der Waals surface area contributed by atoms with Crippen LogP contribution in [0.25, 0.3) is 12.2 Å². The van der Waals surface area contributed by atoms with E-state index in [0.29, 0.717) is 24.5 Å². The highest BCUT2D eigenvalue weighted by Crippen LogP contribution is 2.22. The summed E-state index contributed by atoms with van der Waals surface area (Å²) in [6.07, 6.45) is 17.1. The lowest BCUT2D eigenvalue weighted by Gasteiger charge is -2.28. The average molecular weight is 543 g/mol. The Morgan fingerprint density at radius 1 is 1.14 bits per heavy atom. The van der Waals surface area contributed by atoms with Crippen molar-refractivity contribution in [2.75, 3.05) is 17.1 Å². The number of hydrogen-bond donors (Lipinski definition) is 3. The highest BCUT2D eigenvalue weighted by molar-refractivity contribution is 7.96. The van der Waals surface area contributed by atoms with E-state index in [2.05, 4.69) is 36.9 Å². The molecule has 198 valence electrons. The molecule has 1 fully saturated rings. The molecule has 0 atom stereocenters. The largest absolute Gasteiger partial charge is 0.351 e. The van der Waals surface area contributed by atoms with Gasteiger partial charge in [-0.1, -0.05) is 49.4 Å². The molecule has 2 heterocycles. The summed E-state index contributed by atoms with van der Waals surface area (Å²) in [6, 6.07) is 4.46. The van der Waals surface area contributed by atoms with Gasteiger partial charge in [-0.3, -0.25) is 4.72 Å². The van der Waals surface area contributed by atoms with Crippen molar-refractivity contribution in [3.63, 3.8) is 0 Å². The van der Waals surface area contributed by atoms with E-state index < -0.39 is 10.0 Å². The second-order valence-electron chi connectivity index (χ2n) is 8.85. The third-order valence-electron chi connectivity index (χ3n) is 6.30. The van der Waals surface area contributed by atoms with Gasteiger partial charge in [-0.05, 0) is 69.8 Å². The molecule has 1 aliphatic carbocycles. The zero-order chi connectivity index (χ0) is 26.8. The predicted octanol–water partition coefficient (Wildman–Crippen LogP) is 5.50. The van der Waals surface area contributed by atoms with Crippen molar-refractivity contribution >= 4 is 45.5 Å². The van der Waals surface area contributed by atoms with E-state index in [-0.39, 0.29) is 15.8 Å². The lowest BCUT2D eigenvalue weighted by molar-refractivity contribution is 0.370. The summed E-state index contributed by atoms with van der Waals surface area (Å²) in [5.74, 6) is 0.870. The van der Waals surface area contributed by atoms with Crippen molar-refractivity contribution in [3.05, 3.63) is 76.1 Å². The highest BCUT2D eigenvalue weighted by atomic mass is 35.5. The zero-order valence-electron chi connectivity index (χ0n) is 21.5. The highest BCUT2D eigenvalue weighted by Gasteiger charge is 2.20. The fourth-order valence-electron chi connectivity index (χ4n) is 4.01. The number of pyridine rings is 1. The first-order valence-corrected chi connectivity index (χ1v) is 14.2. The van der Waals surface area contributed by atoms with Crippen LogP contribution in [0.3, 0.4) is 0 Å². The van der Waals surface area contributed by atoms with Crippen molar-refractivity contribution in [1.82, 2.24) is 20.3 Å². The first-order valence-electron chi connectivity index (χ1n) is 12.4. The third kappa shape index (κ3) is 8.24. The molecule has 10 heteroatoms. The van der Waals surface area contributed by atoms with Gasteiger partial charge in [-0.25, -0.2) is 23.4 Å². The monoisotopic (exact) mass is 542 g/mol. The summed E-state index contributed by atoms with van der Waals surface area (Å²) in [6.45, 7) is 6.96. The van der Waals surface area contributed by atoms with Crippen molar-refractivity contribution in [2.45, 2.75) is 58.0 Å². The summed E-state index contributed by atoms with van der Waals surface area (Å²) in [4.78, 5) is 13.4. The Hall–Kier alpha value is -3.01. The number of aryl methyl sites for hydroxylation is 1. The first-order chi connectivity index (χ1) is 17.7. The van der Waals surface area contributed by atoms with Crippen LogP contribution in [0, 0.1) is 0 Å². The normalized spacial score (nSPS) is 19.1. The van der Waals surface area contributed by atoms with Crippen molar-refractivity contribution in [1.29, 1.82) is 0 Å². The summed E-state index contributed by atoms with van der Waals surface area (Å²) in [5, 5.41) is 6.88. The van der Waals surface area contributed by atoms with Gasteiger partial charge < -0.3 is 10.6 Å². The molecule has 37 heavy (non-hydrogen) atoms. The molecule has 3 rings (SSSR count). The molecular weight excluding hydrogens is 508 g/mol. The predicted molar refractivity (Wildman–Crippen MR) is 154 cm³/mol. The quantitative estimate of drug-likeness (QED) is 0.321. The number of nitrogens with one attached hydrogen (secondary N) is 3. The molecule has 2 aromatic heterocycles. The van der Waals surface area contributed by atoms with Gasteiger partial charge >= 0.3 is 0 Å². The van der Waals surface area contributed by atoms with E-state index >= 15 is 0 Å². The van der Waals surface area contributed by atoms with Crippen LogP contribution < -0.4 is 15.4 Å². The molecule has 0 saturated heterocycles. The Kier molecular flexibility index (Phi) is 10.4. The average Bonchev–Trinajstić information content (AvgIpc) is 2.91. The first kappa shape index (κ1) is 28.6. The number of halogens is 1. The molecular formula is C27H35ClN6O2S. The third-order valence-corrected chi connectivity index (χ3v) is 8.32. The molecule has 1 saturated carbocycles. The SMILES string of the molecule is C=C/C=C\C(Cl)=C(/C)S(=O)(=O)Nc1ccc(/C=C/c2cnc(NC3CCC(NC)CC3)nc2)c(CC)n1. The van der Waals surface area contributed by atoms with E-state index in [4.69, 9.17) is 11.6 Å². The second kappa shape index (κ2) is 13.5. The number of hydrogen-bond acceptors (Lipinski definition) is 7. The number of allylic oxidation sites excluding steroid dienone is 5. The summed E-state index contributed by atoms with van der Waals surface area (Å²) >= 11 is 6.09. The van der Waals surface area contributed by atoms with Gasteiger partial charge in [0.25, 0.3) is 10.0 Å². The molecule has 3 N–H and O–H groups in total. The van der Waals surface area contributed by atoms with Crippen LogP contribution in [0.1, 0.15) is 56.4 Å². The fraction of sp³-hybridized carbons (Fsp3) is 0.370. The van der Waals surface area contributed by atoms with Crippen molar-refractivity contribution < 1.29 is 8.42 Å². The minimum Gasteiger partial charge on any atom is -0.351 e. The maximum Gasteiger partial charge on any atom is 0.260 e. The standard InChI is InChI=1S/C27H35ClN6O2S/c1-5-7-8-24(28)19(3)37(35,36)34-26-16-11-21(25(6-2)33-26)10-9-20-17-30-27(31-18-20)32-23-14-12-22(29-4)13-15-23/h5,7-11,16-18,22-23,29H,1,6,12-15H2,2-4H3,(H,33,34)(H,30,31,32)/b8-7-,10-9+,24-19-. The summed E-state index contributed by atoms with van der Waals surface area (Å²) in [7, 11) is -1.83. The minimum absolute atomic E-state index is 0.000302. The van der Waals surface area contributed by atoms with E-state index in [0.717, 1.165) is 42.5 Å². The van der Waals surface area contributed by atoms with Crippen LogP contribution >= 0.6 is 11.6 Å². The molecule has 0 unspecified atom stereocenters. The van der Waals surface area contributed by atoms with Gasteiger partial charge in [0.05, 0.1) is 9.94 Å². The fourth-order valence-corrected chi connectivity index (χ4v) is 5.25. The Balaban J connectivity index is 1.66. The van der Waals surface area contributed by atoms with Gasteiger partial charge in [0.1, 0.15) is 5.82 Å². The van der Waals surface area contributed by atoms with Gasteiger partial charge in [0, 0.05) is 35.7 Å². The van der Waals surface area contributed by atoms with E-state index in [1.54, 1.807) is 24.5 Å². The van der Waals surface area contributed by atoms with E-state index in [1.165, 1.54) is 19.1 Å². The molecule has 8 nitrogen and oxygen atoms in total. The van der Waals surface area contributed by atoms with E-state index in [1.807, 2.05) is 32.2 Å². The lowest BCUT2D eigenvalue weighted by atomic mass is 9.91. The van der Waals surface area contributed by atoms with Crippen LogP contribution in [0.15, 0.2) is 59.3 Å². The molecule has 0 spiro atoms. The molecule has 0 amide bonds. The maximum absolute atomic E-state index is 12.7. The molecule has 1 aliphatic rings. The molecule has 0 bridgehead atoms. The second-order valence-corrected chi connectivity index (χ2v) is 11.1. The lowest BCUT2D eigenvalue weighted by Crippen LogP contribution is -2.35. The molecule has 0 radical (unpaired) electrons. The number of anilines is 2. The maximum atomic E-state index is 12.7. The number of nitrogens with zero attached hydrogens (tertiary/aromatic N) is 3. The minimum atomic E-state index is -3.85. The Bertz CT molecular complexity index is 1260. The molecule has 0 aromatic carbocycles. The summed E-state index contributed by atoms with van der Waals surface area (Å²) < 4.78 is 27.9. The molecule has 2 aromatic rings. The van der Waals surface area contributed by atoms with Gasteiger partial charge in [-0.2, -0.15) is 0 Å². The number of aromatic nitrogens is 3. The number of sulfonamides is 1. The van der Waals surface area contributed by atoms with Crippen molar-refractivity contribution in [3.8, 4) is 0 Å². The van der Waals surface area contributed by atoms with Crippen molar-refractivity contribution in [2.24, 2.45) is 0 Å². The van der Waals surface area contributed by atoms with E-state index in [9.17, 15) is 8.42 Å². The van der Waals surface area contributed by atoms with Crippen LogP contribution in [0.5, 0.6) is 0 Å². The summed E-state index contributed by atoms with van der Waals surface area (Å²) in [5.41, 5.74) is 2.50. The molecule has 0 aliphatic heterocycles. The Labute approximate surface area is 225 Å². The van der Waals surface area contributed by atoms with Crippen LogP contribution in [-0.4, -0.2) is 42.5 Å². The van der Waals surface area contributed by atoms with Crippen LogP contribution in [0.2, 0.25) is 0 Å². The zero-order valence-corrected chi connectivity index (χ0v) is 23.1. The Morgan fingerprint density at radius 3 is 2.43 bits per heavy atom. The van der Waals surface area contributed by atoms with Gasteiger partial charge in [0.2, 0.25) is 5.95 Å². The van der Waals surface area contributed by atoms with Gasteiger partial charge in [-0.15, -0.1) is 0 Å². The smallest absolute Gasteiger partial charge is 0.260 e.